The van der Waals surface area contributed by atoms with Crippen molar-refractivity contribution in [1.82, 2.24) is 0 Å². The van der Waals surface area contributed by atoms with Crippen LogP contribution < -0.4 is 0 Å². The van der Waals surface area contributed by atoms with Gasteiger partial charge in [0, 0.05) is 6.42 Å². The average Bonchev–Trinajstić information content (AvgIpc) is 2.20. The first kappa shape index (κ1) is 13.9. The summed E-state index contributed by atoms with van der Waals surface area (Å²) >= 11 is 0. The molecule has 0 fully saturated rings. The van der Waals surface area contributed by atoms with E-state index in [1.807, 2.05) is 13.0 Å². The Balaban J connectivity index is 3.80. The Kier molecular flexibility index (Phi) is 7.69. The van der Waals surface area contributed by atoms with E-state index in [9.17, 15) is 4.79 Å². The van der Waals surface area contributed by atoms with E-state index in [0.717, 1.165) is 17.9 Å². The van der Waals surface area contributed by atoms with Crippen molar-refractivity contribution in [3.8, 4) is 0 Å². The molecule has 0 aromatic rings. The molecule has 0 saturated carbocycles. The molecule has 0 N–H and O–H groups in total. The van der Waals surface area contributed by atoms with Gasteiger partial charge >= 0.3 is 5.97 Å². The van der Waals surface area contributed by atoms with Crippen molar-refractivity contribution in [3.63, 3.8) is 0 Å². The molecule has 0 bridgehead atoms. The lowest BCUT2D eigenvalue weighted by molar-refractivity contribution is -0.137. The van der Waals surface area contributed by atoms with Crippen LogP contribution in [0.4, 0.5) is 0 Å². The monoisotopic (exact) mass is 210 g/mol. The van der Waals surface area contributed by atoms with Crippen molar-refractivity contribution in [2.75, 3.05) is 0 Å². The van der Waals surface area contributed by atoms with Crippen molar-refractivity contribution >= 4 is 5.97 Å². The maximum atomic E-state index is 10.8. The van der Waals surface area contributed by atoms with Crippen molar-refractivity contribution in [1.29, 1.82) is 0 Å². The number of hydrogen-bond acceptors (Lipinski definition) is 2. The van der Waals surface area contributed by atoms with Crippen LogP contribution in [0.2, 0.25) is 0 Å². The summed E-state index contributed by atoms with van der Waals surface area (Å²) in [6.45, 7) is 8.12. The Morgan fingerprint density at radius 1 is 1.40 bits per heavy atom. The van der Waals surface area contributed by atoms with Gasteiger partial charge in [0.15, 0.2) is 0 Å². The van der Waals surface area contributed by atoms with Gasteiger partial charge < -0.3 is 4.74 Å². The fraction of sp³-hybridized carbons (Fsp3) is 0.615. The lowest BCUT2D eigenvalue weighted by atomic mass is 10.1. The zero-order valence-electron chi connectivity index (χ0n) is 10.2. The third-order valence-corrected chi connectivity index (χ3v) is 1.96. The van der Waals surface area contributed by atoms with Gasteiger partial charge in [-0.1, -0.05) is 32.9 Å². The molecule has 0 aliphatic rings. The van der Waals surface area contributed by atoms with E-state index in [0.29, 0.717) is 6.42 Å². The van der Waals surface area contributed by atoms with Crippen LogP contribution in [-0.2, 0) is 9.53 Å². The summed E-state index contributed by atoms with van der Waals surface area (Å²) < 4.78 is 4.88. The predicted octanol–water partition coefficient (Wildman–Crippen LogP) is 3.84. The van der Waals surface area contributed by atoms with Crippen molar-refractivity contribution in [2.45, 2.75) is 47.0 Å². The molecule has 0 amide bonds. The molecule has 0 rings (SSSR count). The van der Waals surface area contributed by atoms with E-state index in [1.165, 1.54) is 12.7 Å². The van der Waals surface area contributed by atoms with Crippen molar-refractivity contribution in [3.05, 3.63) is 24.0 Å². The Hall–Kier alpha value is -1.05. The third-order valence-electron chi connectivity index (χ3n) is 1.96. The van der Waals surface area contributed by atoms with Gasteiger partial charge in [-0.3, -0.25) is 4.79 Å². The number of carbonyl (C=O) groups excluding carboxylic acids is 1. The zero-order valence-corrected chi connectivity index (χ0v) is 10.2. The van der Waals surface area contributed by atoms with Gasteiger partial charge in [-0.15, -0.1) is 0 Å². The first-order valence-electron chi connectivity index (χ1n) is 5.59. The highest BCUT2D eigenvalue weighted by molar-refractivity contribution is 5.69. The molecule has 0 aromatic heterocycles. The smallest absolute Gasteiger partial charge is 0.310 e. The molecular weight excluding hydrogens is 188 g/mol. The van der Waals surface area contributed by atoms with E-state index in [4.69, 9.17) is 4.74 Å². The third kappa shape index (κ3) is 9.26. The fourth-order valence-electron chi connectivity index (χ4n) is 0.980. The Morgan fingerprint density at radius 2 is 2.07 bits per heavy atom. The first-order valence-corrected chi connectivity index (χ1v) is 5.59. The van der Waals surface area contributed by atoms with Gasteiger partial charge in [0.05, 0.1) is 6.26 Å². The fourth-order valence-corrected chi connectivity index (χ4v) is 0.980. The molecule has 0 atom stereocenters. The van der Waals surface area contributed by atoms with Crippen LogP contribution in [0.1, 0.15) is 47.0 Å². The van der Waals surface area contributed by atoms with E-state index in [-0.39, 0.29) is 5.97 Å². The number of esters is 1. The molecule has 2 nitrogen and oxygen atoms in total. The molecule has 0 aliphatic heterocycles. The van der Waals surface area contributed by atoms with E-state index < -0.39 is 0 Å². The minimum absolute atomic E-state index is 0.190. The number of carbonyl (C=O) groups is 1. The summed E-state index contributed by atoms with van der Waals surface area (Å²) in [5, 5.41) is 0. The van der Waals surface area contributed by atoms with Crippen LogP contribution >= 0.6 is 0 Å². The first-order chi connectivity index (χ1) is 7.06. The number of ether oxygens (including phenoxy) is 1. The molecule has 0 aromatic carbocycles. The van der Waals surface area contributed by atoms with Crippen LogP contribution in [0.25, 0.3) is 0 Å². The summed E-state index contributed by atoms with van der Waals surface area (Å²) in [4.78, 5) is 10.8. The van der Waals surface area contributed by atoms with E-state index >= 15 is 0 Å². The van der Waals surface area contributed by atoms with Gasteiger partial charge in [-0.2, -0.15) is 0 Å². The minimum atomic E-state index is -0.190. The number of hydrogen-bond donors (Lipinski definition) is 0. The van der Waals surface area contributed by atoms with Crippen LogP contribution in [0, 0.1) is 5.92 Å². The minimum Gasteiger partial charge on any atom is -0.434 e. The zero-order chi connectivity index (χ0) is 11.7. The summed E-state index contributed by atoms with van der Waals surface area (Å²) in [6, 6.07) is 0. The normalized spacial score (nSPS) is 12.5. The molecule has 0 spiro atoms. The largest absolute Gasteiger partial charge is 0.434 e. The van der Waals surface area contributed by atoms with E-state index in [2.05, 4.69) is 19.9 Å². The quantitative estimate of drug-likeness (QED) is 0.378. The molecule has 0 unspecified atom stereocenters. The Labute approximate surface area is 93.0 Å². The van der Waals surface area contributed by atoms with Gasteiger partial charge in [-0.05, 0) is 31.3 Å². The van der Waals surface area contributed by atoms with Gasteiger partial charge in [0.2, 0.25) is 0 Å². The summed E-state index contributed by atoms with van der Waals surface area (Å²) in [7, 11) is 0. The van der Waals surface area contributed by atoms with Crippen LogP contribution in [0.3, 0.4) is 0 Å². The summed E-state index contributed by atoms with van der Waals surface area (Å²) in [6.07, 6.45) is 8.30. The van der Waals surface area contributed by atoms with Crippen LogP contribution in [-0.4, -0.2) is 5.97 Å². The summed E-state index contributed by atoms with van der Waals surface area (Å²) in [5.41, 5.74) is 0.973. The lowest BCUT2D eigenvalue weighted by Gasteiger charge is -1.99. The lowest BCUT2D eigenvalue weighted by Crippen LogP contribution is -1.95. The van der Waals surface area contributed by atoms with Crippen molar-refractivity contribution < 1.29 is 9.53 Å². The highest BCUT2D eigenvalue weighted by atomic mass is 16.5. The molecule has 0 heterocycles. The molecule has 0 aliphatic carbocycles. The average molecular weight is 210 g/mol. The molecule has 86 valence electrons. The molecular formula is C13H22O2. The number of allylic oxidation sites excluding steroid dienone is 3. The SMILES string of the molecule is CCC(=O)O/C=C(C)/C=C/CCC(C)C. The van der Waals surface area contributed by atoms with Gasteiger partial charge in [0.25, 0.3) is 0 Å². The number of rotatable bonds is 6. The van der Waals surface area contributed by atoms with Crippen molar-refractivity contribution in [2.24, 2.45) is 5.92 Å². The highest BCUT2D eigenvalue weighted by Crippen LogP contribution is 2.05. The summed E-state index contributed by atoms with van der Waals surface area (Å²) in [5.74, 6) is 0.543. The maximum Gasteiger partial charge on any atom is 0.310 e. The standard InChI is InChI=1S/C13H22O2/c1-5-13(14)15-10-12(4)9-7-6-8-11(2)3/h7,9-11H,5-6,8H2,1-4H3/b9-7+,12-10+. The molecule has 2 heteroatoms. The second-order valence-electron chi connectivity index (χ2n) is 4.08. The van der Waals surface area contributed by atoms with Gasteiger partial charge in [0.1, 0.15) is 0 Å². The second kappa shape index (κ2) is 8.27. The maximum absolute atomic E-state index is 10.8. The topological polar surface area (TPSA) is 26.3 Å². The molecule has 0 radical (unpaired) electrons. The highest BCUT2D eigenvalue weighted by Gasteiger charge is 1.94. The van der Waals surface area contributed by atoms with E-state index in [1.54, 1.807) is 6.92 Å². The molecule has 15 heavy (non-hydrogen) atoms. The van der Waals surface area contributed by atoms with Crippen LogP contribution in [0.15, 0.2) is 24.0 Å². The Morgan fingerprint density at radius 3 is 2.60 bits per heavy atom. The predicted molar refractivity (Wildman–Crippen MR) is 63.4 cm³/mol. The Bertz CT molecular complexity index is 237. The second-order valence-corrected chi connectivity index (χ2v) is 4.08. The van der Waals surface area contributed by atoms with Gasteiger partial charge in [-0.25, -0.2) is 0 Å². The van der Waals surface area contributed by atoms with Crippen LogP contribution in [0.5, 0.6) is 0 Å². The molecule has 0 saturated heterocycles.